The van der Waals surface area contributed by atoms with Crippen LogP contribution in [0.25, 0.3) is 0 Å². The van der Waals surface area contributed by atoms with E-state index in [0.29, 0.717) is 19.1 Å². The third kappa shape index (κ3) is 2.55. The van der Waals surface area contributed by atoms with Crippen molar-refractivity contribution in [1.29, 1.82) is 0 Å². The summed E-state index contributed by atoms with van der Waals surface area (Å²) in [6.45, 7) is 14.8. The van der Waals surface area contributed by atoms with E-state index in [-0.39, 0.29) is 5.92 Å². The van der Waals surface area contributed by atoms with E-state index in [9.17, 15) is 0 Å². The second kappa shape index (κ2) is 4.25. The van der Waals surface area contributed by atoms with Gasteiger partial charge < -0.3 is 9.47 Å². The lowest BCUT2D eigenvalue weighted by Gasteiger charge is -2.37. The summed E-state index contributed by atoms with van der Waals surface area (Å²) in [5.74, 6) is -0.114. The molecule has 0 bridgehead atoms. The van der Waals surface area contributed by atoms with Crippen LogP contribution in [0.4, 0.5) is 0 Å². The van der Waals surface area contributed by atoms with Gasteiger partial charge in [-0.3, -0.25) is 0 Å². The topological polar surface area (TPSA) is 18.5 Å². The number of rotatable bonds is 3. The van der Waals surface area contributed by atoms with Crippen molar-refractivity contribution in [2.75, 3.05) is 13.2 Å². The maximum absolute atomic E-state index is 5.89. The van der Waals surface area contributed by atoms with Crippen molar-refractivity contribution < 1.29 is 9.47 Å². The van der Waals surface area contributed by atoms with Crippen LogP contribution < -0.4 is 0 Å². The summed E-state index contributed by atoms with van der Waals surface area (Å²) < 4.78 is 11.1. The van der Waals surface area contributed by atoms with E-state index in [1.54, 1.807) is 6.08 Å². The van der Waals surface area contributed by atoms with Gasteiger partial charge in [0.25, 0.3) is 0 Å². The van der Waals surface area contributed by atoms with Gasteiger partial charge in [-0.05, 0) is 25.8 Å². The maximum Gasteiger partial charge on any atom is 0.184 e. The molecule has 0 saturated carbocycles. The normalized spacial score (nSPS) is 37.0. The highest BCUT2D eigenvalue weighted by Crippen LogP contribution is 2.27. The minimum Gasteiger partial charge on any atom is -0.346 e. The third-order valence-electron chi connectivity index (χ3n) is 2.62. The Labute approximate surface area is 80.9 Å². The third-order valence-corrected chi connectivity index (χ3v) is 2.62. The van der Waals surface area contributed by atoms with Gasteiger partial charge in [-0.15, -0.1) is 0 Å². The summed E-state index contributed by atoms with van der Waals surface area (Å²) >= 11 is 0. The lowest BCUT2D eigenvalue weighted by molar-refractivity contribution is -0.248. The van der Waals surface area contributed by atoms with Crippen LogP contribution in [0.5, 0.6) is 0 Å². The van der Waals surface area contributed by atoms with Crippen LogP contribution in [0.3, 0.4) is 0 Å². The van der Waals surface area contributed by atoms with Crippen LogP contribution in [0.15, 0.2) is 12.7 Å². The first-order valence-corrected chi connectivity index (χ1v) is 4.78. The predicted octanol–water partition coefficient (Wildman–Crippen LogP) is 2.29. The maximum atomic E-state index is 5.89. The van der Waals surface area contributed by atoms with Crippen molar-refractivity contribution in [2.45, 2.75) is 26.1 Å². The Bertz CT molecular complexity index is 169. The fraction of sp³-hybridized carbons (Fsp3) is 0.727. The molecule has 2 heteroatoms. The molecule has 2 radical (unpaired) electrons. The summed E-state index contributed by atoms with van der Waals surface area (Å²) in [7, 11) is 0. The van der Waals surface area contributed by atoms with Crippen molar-refractivity contribution in [1.82, 2.24) is 0 Å². The van der Waals surface area contributed by atoms with E-state index in [4.69, 9.17) is 16.4 Å². The molecular formula is C11H18O2. The van der Waals surface area contributed by atoms with Crippen molar-refractivity contribution in [3.8, 4) is 0 Å². The Morgan fingerprint density at radius 2 is 2.15 bits per heavy atom. The van der Waals surface area contributed by atoms with Crippen molar-refractivity contribution >= 4 is 0 Å². The van der Waals surface area contributed by atoms with Gasteiger partial charge in [-0.1, -0.05) is 19.9 Å². The molecule has 0 spiro atoms. The predicted molar refractivity (Wildman–Crippen MR) is 52.1 cm³/mol. The summed E-state index contributed by atoms with van der Waals surface area (Å²) in [6.07, 6.45) is 2.64. The Morgan fingerprint density at radius 1 is 1.62 bits per heavy atom. The zero-order valence-corrected chi connectivity index (χ0v) is 8.45. The fourth-order valence-electron chi connectivity index (χ4n) is 1.33. The van der Waals surface area contributed by atoms with Crippen LogP contribution in [0.1, 0.15) is 20.3 Å². The van der Waals surface area contributed by atoms with E-state index in [0.717, 1.165) is 6.42 Å². The zero-order chi connectivity index (χ0) is 9.90. The molecule has 74 valence electrons. The molecule has 0 N–H and O–H groups in total. The van der Waals surface area contributed by atoms with Crippen LogP contribution in [-0.2, 0) is 9.47 Å². The largest absolute Gasteiger partial charge is 0.346 e. The van der Waals surface area contributed by atoms with Gasteiger partial charge >= 0.3 is 0 Å². The van der Waals surface area contributed by atoms with Gasteiger partial charge in [-0.25, -0.2) is 0 Å². The molecular weight excluding hydrogens is 164 g/mol. The first kappa shape index (κ1) is 10.7. The molecule has 1 unspecified atom stereocenters. The molecule has 1 fully saturated rings. The highest BCUT2D eigenvalue weighted by Gasteiger charge is 2.31. The molecule has 1 aliphatic rings. The van der Waals surface area contributed by atoms with Gasteiger partial charge in [0.1, 0.15) is 0 Å². The van der Waals surface area contributed by atoms with E-state index in [1.807, 2.05) is 6.92 Å². The average molecular weight is 182 g/mol. The number of hydrogen-bond donors (Lipinski definition) is 0. The molecule has 1 heterocycles. The Balaban J connectivity index is 2.43. The molecule has 13 heavy (non-hydrogen) atoms. The highest BCUT2D eigenvalue weighted by molar-refractivity contribution is 4.89. The Morgan fingerprint density at radius 3 is 2.54 bits per heavy atom. The highest BCUT2D eigenvalue weighted by atomic mass is 16.7. The Hall–Kier alpha value is -0.340. The molecule has 1 aliphatic heterocycles. The van der Waals surface area contributed by atoms with Gasteiger partial charge in [0.2, 0.25) is 0 Å². The van der Waals surface area contributed by atoms with E-state index in [1.165, 1.54) is 0 Å². The molecule has 1 rings (SSSR count). The van der Waals surface area contributed by atoms with Crippen LogP contribution in [0, 0.1) is 18.8 Å². The lowest BCUT2D eigenvalue weighted by Crippen LogP contribution is -2.42. The fourth-order valence-corrected chi connectivity index (χ4v) is 1.33. The molecule has 1 atom stereocenters. The number of hydrogen-bond acceptors (Lipinski definition) is 2. The van der Waals surface area contributed by atoms with E-state index >= 15 is 0 Å². The molecule has 0 aromatic rings. The van der Waals surface area contributed by atoms with Crippen molar-refractivity contribution in [3.05, 3.63) is 19.6 Å². The average Bonchev–Trinajstić information content (AvgIpc) is 2.18. The lowest BCUT2D eigenvalue weighted by atomic mass is 9.92. The van der Waals surface area contributed by atoms with Crippen molar-refractivity contribution in [3.63, 3.8) is 0 Å². The molecule has 0 amide bonds. The van der Waals surface area contributed by atoms with Crippen LogP contribution in [-0.4, -0.2) is 19.0 Å². The van der Waals surface area contributed by atoms with Crippen LogP contribution in [0.2, 0.25) is 0 Å². The molecule has 1 saturated heterocycles. The molecule has 0 aliphatic carbocycles. The standard InChI is InChI=1S/C11H18O2/c1-5-9(3)10-7-12-11(4,6-2)13-8-10/h3,6,9-10H,2,5,7-8H2,1,4H3. The summed E-state index contributed by atoms with van der Waals surface area (Å²) in [6, 6.07) is 0. The van der Waals surface area contributed by atoms with Crippen molar-refractivity contribution in [2.24, 2.45) is 11.8 Å². The SMILES string of the molecule is [CH]C(CC)C1COC(C)(C=C)OC1. The second-order valence-corrected chi connectivity index (χ2v) is 3.67. The van der Waals surface area contributed by atoms with E-state index in [2.05, 4.69) is 13.5 Å². The van der Waals surface area contributed by atoms with Gasteiger partial charge in [-0.2, -0.15) is 0 Å². The summed E-state index contributed by atoms with van der Waals surface area (Å²) in [4.78, 5) is 0. The Kier molecular flexibility index (Phi) is 3.51. The van der Waals surface area contributed by atoms with E-state index < -0.39 is 5.79 Å². The summed E-state index contributed by atoms with van der Waals surface area (Å²) in [5.41, 5.74) is 0. The van der Waals surface area contributed by atoms with Gasteiger partial charge in [0.15, 0.2) is 5.79 Å². The quantitative estimate of drug-likeness (QED) is 0.623. The minimum absolute atomic E-state index is 0.175. The first-order chi connectivity index (χ1) is 6.11. The molecule has 0 aromatic carbocycles. The monoisotopic (exact) mass is 182 g/mol. The molecule has 0 aromatic heterocycles. The first-order valence-electron chi connectivity index (χ1n) is 4.78. The second-order valence-electron chi connectivity index (χ2n) is 3.67. The van der Waals surface area contributed by atoms with Gasteiger partial charge in [0, 0.05) is 5.92 Å². The smallest absolute Gasteiger partial charge is 0.184 e. The summed E-state index contributed by atoms with van der Waals surface area (Å²) in [5, 5.41) is 0. The van der Waals surface area contributed by atoms with Crippen LogP contribution >= 0.6 is 0 Å². The minimum atomic E-state index is -0.607. The van der Waals surface area contributed by atoms with Gasteiger partial charge in [0.05, 0.1) is 13.2 Å². The molecule has 2 nitrogen and oxygen atoms in total. The number of ether oxygens (including phenoxy) is 2. The zero-order valence-electron chi connectivity index (χ0n) is 8.45.